The van der Waals surface area contributed by atoms with Crippen molar-refractivity contribution in [2.75, 3.05) is 14.2 Å². The molecule has 0 saturated carbocycles. The number of para-hydroxylation sites is 1. The van der Waals surface area contributed by atoms with Crippen LogP contribution in [0.5, 0.6) is 5.75 Å². The van der Waals surface area contributed by atoms with E-state index in [0.29, 0.717) is 23.7 Å². The van der Waals surface area contributed by atoms with E-state index in [2.05, 4.69) is 41.1 Å². The highest BCUT2D eigenvalue weighted by Gasteiger charge is 2.46. The van der Waals surface area contributed by atoms with Crippen LogP contribution in [0.3, 0.4) is 0 Å². The third kappa shape index (κ3) is 3.72. The molecule has 2 aromatic rings. The Morgan fingerprint density at radius 3 is 2.72 bits per heavy atom. The van der Waals surface area contributed by atoms with Gasteiger partial charge in [-0.1, -0.05) is 50.2 Å². The third-order valence-corrected chi connectivity index (χ3v) is 5.49. The number of hydrogen-bond acceptors (Lipinski definition) is 6. The van der Waals surface area contributed by atoms with Crippen LogP contribution in [-0.2, 0) is 10.3 Å². The van der Waals surface area contributed by atoms with Crippen molar-refractivity contribution in [1.82, 2.24) is 15.1 Å². The minimum Gasteiger partial charge on any atom is -0.496 e. The Kier molecular flexibility index (Phi) is 5.69. The minimum absolute atomic E-state index is 0.194. The summed E-state index contributed by atoms with van der Waals surface area (Å²) in [5.41, 5.74) is 3.64. The van der Waals surface area contributed by atoms with Gasteiger partial charge < -0.3 is 9.57 Å². The maximum atomic E-state index is 13.6. The molecule has 1 aromatic heterocycles. The van der Waals surface area contributed by atoms with Crippen LogP contribution in [0.4, 0.5) is 0 Å². The zero-order valence-electron chi connectivity index (χ0n) is 18.9. The van der Waals surface area contributed by atoms with E-state index in [9.17, 15) is 4.79 Å². The first-order chi connectivity index (χ1) is 15.4. The average molecular weight is 434 g/mol. The lowest BCUT2D eigenvalue weighted by Crippen LogP contribution is -2.29. The molecule has 8 heteroatoms. The van der Waals surface area contributed by atoms with Gasteiger partial charge in [-0.05, 0) is 18.6 Å². The fourth-order valence-electron chi connectivity index (χ4n) is 4.04. The summed E-state index contributed by atoms with van der Waals surface area (Å²) < 4.78 is 5.66. The van der Waals surface area contributed by atoms with Crippen LogP contribution in [0.1, 0.15) is 60.5 Å². The third-order valence-electron chi connectivity index (χ3n) is 5.49. The summed E-state index contributed by atoms with van der Waals surface area (Å²) in [7, 11) is 3.12. The Balaban J connectivity index is 1.85. The molecular formula is C24H27N5O3. The number of rotatable bonds is 5. The van der Waals surface area contributed by atoms with E-state index < -0.39 is 6.04 Å². The van der Waals surface area contributed by atoms with Gasteiger partial charge in [0, 0.05) is 34.0 Å². The van der Waals surface area contributed by atoms with E-state index in [1.54, 1.807) is 24.4 Å². The van der Waals surface area contributed by atoms with Crippen LogP contribution in [0.15, 0.2) is 58.0 Å². The number of amides is 1. The summed E-state index contributed by atoms with van der Waals surface area (Å²) in [5, 5.41) is 11.3. The van der Waals surface area contributed by atoms with Gasteiger partial charge in [0.1, 0.15) is 18.7 Å². The van der Waals surface area contributed by atoms with Gasteiger partial charge in [-0.3, -0.25) is 14.8 Å². The Morgan fingerprint density at radius 1 is 1.22 bits per heavy atom. The Bertz CT molecular complexity index is 1150. The number of ether oxygens (including phenoxy) is 1. The molecule has 0 fully saturated rings. The molecule has 3 heterocycles. The number of H-pyrrole nitrogens is 1. The van der Waals surface area contributed by atoms with E-state index in [1.165, 1.54) is 7.11 Å². The number of allylic oxidation sites excluding steroid dienone is 3. The van der Waals surface area contributed by atoms with E-state index >= 15 is 0 Å². The molecule has 32 heavy (non-hydrogen) atoms. The molecule has 166 valence electrons. The molecule has 8 nitrogen and oxygen atoms in total. The van der Waals surface area contributed by atoms with Crippen molar-refractivity contribution >= 4 is 18.3 Å². The highest BCUT2D eigenvalue weighted by molar-refractivity contribution is 6.05. The number of carbonyl (C=O) groups is 1. The molecule has 1 aromatic carbocycles. The number of oxime groups is 1. The molecular weight excluding hydrogens is 406 g/mol. The number of methoxy groups -OCH3 is 1. The van der Waals surface area contributed by atoms with Gasteiger partial charge in [-0.15, -0.1) is 0 Å². The normalized spacial score (nSPS) is 18.5. The summed E-state index contributed by atoms with van der Waals surface area (Å²) in [6.07, 6.45) is 7.76. The summed E-state index contributed by atoms with van der Waals surface area (Å²) in [6, 6.07) is 7.33. The quantitative estimate of drug-likeness (QED) is 0.567. The molecule has 0 bridgehead atoms. The Hall–Kier alpha value is -3.68. The molecule has 0 radical (unpaired) electrons. The number of aliphatic imine (C=N–C) groups is 1. The van der Waals surface area contributed by atoms with Gasteiger partial charge in [0.15, 0.2) is 5.69 Å². The van der Waals surface area contributed by atoms with Crippen LogP contribution < -0.4 is 4.74 Å². The fraction of sp³-hybridized carbons (Fsp3) is 0.333. The van der Waals surface area contributed by atoms with Gasteiger partial charge in [-0.2, -0.15) is 5.10 Å². The first kappa shape index (κ1) is 21.5. The van der Waals surface area contributed by atoms with Crippen molar-refractivity contribution in [3.05, 3.63) is 70.3 Å². The SMILES string of the molecule is CO/N=C/C1=CCC=C(N2C(=O)c3n[nH]c(C(C)(C)C)c3C2c2ccccc2OC)N=C1. The van der Waals surface area contributed by atoms with Crippen molar-refractivity contribution < 1.29 is 14.4 Å². The predicted octanol–water partition coefficient (Wildman–Crippen LogP) is 4.14. The van der Waals surface area contributed by atoms with E-state index in [-0.39, 0.29) is 11.3 Å². The second-order valence-corrected chi connectivity index (χ2v) is 8.61. The molecule has 1 unspecified atom stereocenters. The highest BCUT2D eigenvalue weighted by atomic mass is 16.6. The van der Waals surface area contributed by atoms with E-state index in [0.717, 1.165) is 22.4 Å². The van der Waals surface area contributed by atoms with E-state index in [4.69, 9.17) is 9.57 Å². The maximum absolute atomic E-state index is 13.6. The van der Waals surface area contributed by atoms with Crippen LogP contribution in [-0.4, -0.2) is 47.7 Å². The number of nitrogens with zero attached hydrogens (tertiary/aromatic N) is 4. The van der Waals surface area contributed by atoms with Gasteiger partial charge >= 0.3 is 0 Å². The standard InChI is InChI=1S/C24H27N5O3/c1-24(2,3)22-19-20(27-28-22)23(30)29(21(19)16-10-6-7-11-17(16)31-4)18-12-8-9-15(13-25-18)14-26-32-5/h6-7,9-14,21H,8H2,1-5H3,(H,27,28)/b26-14+. The topological polar surface area (TPSA) is 92.2 Å². The molecule has 1 N–H and O–H groups in total. The summed E-state index contributed by atoms with van der Waals surface area (Å²) >= 11 is 0. The Morgan fingerprint density at radius 2 is 2.00 bits per heavy atom. The molecule has 1 amide bonds. The van der Waals surface area contributed by atoms with Crippen molar-refractivity contribution in [2.45, 2.75) is 38.6 Å². The van der Waals surface area contributed by atoms with Gasteiger partial charge in [-0.25, -0.2) is 4.99 Å². The molecule has 2 aliphatic heterocycles. The number of nitrogens with one attached hydrogen (secondary N) is 1. The number of aromatic amines is 1. The largest absolute Gasteiger partial charge is 0.496 e. The molecule has 2 aliphatic rings. The lowest BCUT2D eigenvalue weighted by atomic mass is 9.85. The molecule has 4 rings (SSSR count). The number of fused-ring (bicyclic) bond motifs is 1. The maximum Gasteiger partial charge on any atom is 0.281 e. The molecule has 1 atom stereocenters. The zero-order chi connectivity index (χ0) is 22.9. The second kappa shape index (κ2) is 8.45. The van der Waals surface area contributed by atoms with Gasteiger partial charge in [0.25, 0.3) is 5.91 Å². The highest BCUT2D eigenvalue weighted by Crippen LogP contribution is 2.47. The molecule has 0 aliphatic carbocycles. The summed E-state index contributed by atoms with van der Waals surface area (Å²) in [6.45, 7) is 6.30. The minimum atomic E-state index is -0.417. The van der Waals surface area contributed by atoms with Crippen LogP contribution in [0.25, 0.3) is 0 Å². The van der Waals surface area contributed by atoms with Crippen molar-refractivity contribution in [3.63, 3.8) is 0 Å². The number of carbonyl (C=O) groups excluding carboxylic acids is 1. The van der Waals surface area contributed by atoms with E-state index in [1.807, 2.05) is 36.4 Å². The Labute approximate surface area is 187 Å². The summed E-state index contributed by atoms with van der Waals surface area (Å²) in [5.74, 6) is 1.06. The molecule has 0 saturated heterocycles. The summed E-state index contributed by atoms with van der Waals surface area (Å²) in [4.78, 5) is 24.7. The number of benzene rings is 1. The first-order valence-electron chi connectivity index (χ1n) is 10.4. The lowest BCUT2D eigenvalue weighted by molar-refractivity contribution is 0.0795. The van der Waals surface area contributed by atoms with Crippen LogP contribution in [0, 0.1) is 0 Å². The monoisotopic (exact) mass is 433 g/mol. The second-order valence-electron chi connectivity index (χ2n) is 8.61. The lowest BCUT2D eigenvalue weighted by Gasteiger charge is -2.29. The van der Waals surface area contributed by atoms with Crippen molar-refractivity contribution in [3.8, 4) is 5.75 Å². The average Bonchev–Trinajstić information content (AvgIpc) is 3.23. The van der Waals surface area contributed by atoms with Crippen molar-refractivity contribution in [1.29, 1.82) is 0 Å². The first-order valence-corrected chi connectivity index (χ1v) is 10.4. The van der Waals surface area contributed by atoms with Crippen molar-refractivity contribution in [2.24, 2.45) is 10.1 Å². The molecule has 0 spiro atoms. The predicted molar refractivity (Wildman–Crippen MR) is 123 cm³/mol. The number of hydrogen-bond donors (Lipinski definition) is 1. The van der Waals surface area contributed by atoms with Crippen LogP contribution in [0.2, 0.25) is 0 Å². The fourth-order valence-corrected chi connectivity index (χ4v) is 4.04. The van der Waals surface area contributed by atoms with Crippen LogP contribution >= 0.6 is 0 Å². The van der Waals surface area contributed by atoms with Gasteiger partial charge in [0.05, 0.1) is 19.4 Å². The zero-order valence-corrected chi connectivity index (χ0v) is 18.9. The number of aromatic nitrogens is 2. The van der Waals surface area contributed by atoms with Gasteiger partial charge in [0.2, 0.25) is 0 Å². The smallest absolute Gasteiger partial charge is 0.281 e.